The number of nitrogens with zero attached hydrogens (tertiary/aromatic N) is 1. The number of carbonyl (C=O) groups excluding carboxylic acids is 2. The molecule has 2 aromatic carbocycles. The number of imide groups is 1. The Morgan fingerprint density at radius 3 is 2.61 bits per heavy atom. The van der Waals surface area contributed by atoms with Crippen molar-refractivity contribution in [1.82, 2.24) is 15.5 Å². The number of hydrogen-bond acceptors (Lipinski definition) is 4. The average Bonchev–Trinajstić information content (AvgIpc) is 2.73. The molecule has 0 bridgehead atoms. The fraction of sp³-hybridized carbons (Fsp3) is 0.364. The van der Waals surface area contributed by atoms with Crippen molar-refractivity contribution in [2.45, 2.75) is 24.9 Å². The van der Waals surface area contributed by atoms with Gasteiger partial charge in [0, 0.05) is 12.5 Å². The van der Waals surface area contributed by atoms with E-state index in [-0.39, 0.29) is 29.9 Å². The summed E-state index contributed by atoms with van der Waals surface area (Å²) in [5, 5.41) is 5.98. The quantitative estimate of drug-likeness (QED) is 0.838. The molecular weight excluding hydrogens is 354 g/mol. The summed E-state index contributed by atoms with van der Waals surface area (Å²) < 4.78 is 5.53. The van der Waals surface area contributed by atoms with Gasteiger partial charge in [-0.05, 0) is 36.6 Å². The van der Waals surface area contributed by atoms with E-state index in [2.05, 4.69) is 22.8 Å². The Morgan fingerprint density at radius 1 is 1.07 bits per heavy atom. The predicted octanol–water partition coefficient (Wildman–Crippen LogP) is 2.51. The van der Waals surface area contributed by atoms with Crippen molar-refractivity contribution in [2.75, 3.05) is 20.2 Å². The van der Waals surface area contributed by atoms with Crippen molar-refractivity contribution in [3.8, 4) is 5.75 Å². The highest BCUT2D eigenvalue weighted by Crippen LogP contribution is 2.40. The molecule has 3 amide bonds. The number of benzene rings is 2. The number of piperidine rings is 1. The molecule has 6 heteroatoms. The number of amides is 3. The Kier molecular flexibility index (Phi) is 5.30. The van der Waals surface area contributed by atoms with Crippen LogP contribution in [-0.2, 0) is 11.2 Å². The summed E-state index contributed by atoms with van der Waals surface area (Å²) in [4.78, 5) is 27.1. The molecule has 3 atom stereocenters. The highest BCUT2D eigenvalue weighted by Gasteiger charge is 2.47. The zero-order valence-corrected chi connectivity index (χ0v) is 15.9. The molecule has 2 saturated heterocycles. The number of hydrogen-bond donors (Lipinski definition) is 2. The third-order valence-electron chi connectivity index (χ3n) is 5.73. The van der Waals surface area contributed by atoms with Crippen LogP contribution in [0, 0.1) is 5.92 Å². The minimum Gasteiger partial charge on any atom is -0.496 e. The van der Waals surface area contributed by atoms with Crippen molar-refractivity contribution in [3.63, 3.8) is 0 Å². The lowest BCUT2D eigenvalue weighted by atomic mass is 9.77. The monoisotopic (exact) mass is 379 g/mol. The molecule has 2 aliphatic rings. The number of para-hydroxylation sites is 1. The van der Waals surface area contributed by atoms with Gasteiger partial charge in [0.25, 0.3) is 0 Å². The summed E-state index contributed by atoms with van der Waals surface area (Å²) in [7, 11) is 1.65. The number of fused-ring (bicyclic) bond motifs is 1. The smallest absolute Gasteiger partial charge is 0.325 e. The van der Waals surface area contributed by atoms with E-state index < -0.39 is 0 Å². The molecule has 0 saturated carbocycles. The van der Waals surface area contributed by atoms with E-state index in [9.17, 15) is 9.59 Å². The van der Waals surface area contributed by atoms with Gasteiger partial charge in [-0.25, -0.2) is 4.79 Å². The Balaban J connectivity index is 1.59. The third-order valence-corrected chi connectivity index (χ3v) is 5.73. The van der Waals surface area contributed by atoms with Crippen molar-refractivity contribution >= 4 is 11.9 Å². The van der Waals surface area contributed by atoms with E-state index in [4.69, 9.17) is 4.74 Å². The van der Waals surface area contributed by atoms with E-state index in [0.29, 0.717) is 6.54 Å². The van der Waals surface area contributed by atoms with Gasteiger partial charge in [0.05, 0.1) is 19.2 Å². The third kappa shape index (κ3) is 3.47. The first kappa shape index (κ1) is 18.5. The van der Waals surface area contributed by atoms with Gasteiger partial charge in [-0.3, -0.25) is 15.4 Å². The SMILES string of the molecule is COc1ccccc1C1CCNC2C1C(=O)NC(=O)N2CCc1ccccc1. The Morgan fingerprint density at radius 2 is 1.82 bits per heavy atom. The van der Waals surface area contributed by atoms with Crippen LogP contribution in [0.4, 0.5) is 4.79 Å². The second-order valence-corrected chi connectivity index (χ2v) is 7.29. The van der Waals surface area contributed by atoms with Gasteiger partial charge in [-0.1, -0.05) is 48.5 Å². The van der Waals surface area contributed by atoms with E-state index in [1.165, 1.54) is 5.56 Å². The molecule has 2 aromatic rings. The molecule has 28 heavy (non-hydrogen) atoms. The first-order chi connectivity index (χ1) is 13.7. The summed E-state index contributed by atoms with van der Waals surface area (Å²) in [5.41, 5.74) is 2.19. The number of carbonyl (C=O) groups is 2. The molecule has 0 spiro atoms. The van der Waals surface area contributed by atoms with Gasteiger partial charge in [0.2, 0.25) is 5.91 Å². The van der Waals surface area contributed by atoms with Gasteiger partial charge in [0.1, 0.15) is 5.75 Å². The Bertz CT molecular complexity index is 855. The standard InChI is InChI=1S/C22H25N3O3/c1-28-18-10-6-5-9-16(18)17-11-13-23-20-19(17)21(26)24-22(27)25(20)14-12-15-7-3-2-4-8-15/h2-10,17,19-20,23H,11-14H2,1H3,(H,24,26,27). The summed E-state index contributed by atoms with van der Waals surface area (Å²) >= 11 is 0. The van der Waals surface area contributed by atoms with Gasteiger partial charge >= 0.3 is 6.03 Å². The van der Waals surface area contributed by atoms with E-state index in [1.807, 2.05) is 42.5 Å². The minimum atomic E-state index is -0.349. The molecule has 4 rings (SSSR count). The van der Waals surface area contributed by atoms with Crippen LogP contribution in [0.5, 0.6) is 5.75 Å². The largest absolute Gasteiger partial charge is 0.496 e. The van der Waals surface area contributed by atoms with Crippen molar-refractivity contribution in [1.29, 1.82) is 0 Å². The number of rotatable bonds is 5. The van der Waals surface area contributed by atoms with E-state index in [1.54, 1.807) is 12.0 Å². The van der Waals surface area contributed by atoms with Crippen LogP contribution in [0.1, 0.15) is 23.5 Å². The maximum absolute atomic E-state index is 12.8. The maximum Gasteiger partial charge on any atom is 0.325 e. The zero-order valence-electron chi connectivity index (χ0n) is 15.9. The predicted molar refractivity (Wildman–Crippen MR) is 106 cm³/mol. The number of methoxy groups -OCH3 is 1. The summed E-state index contributed by atoms with van der Waals surface area (Å²) in [6.45, 7) is 1.29. The van der Waals surface area contributed by atoms with Gasteiger partial charge in [-0.2, -0.15) is 0 Å². The molecule has 2 heterocycles. The number of urea groups is 1. The van der Waals surface area contributed by atoms with Crippen LogP contribution < -0.4 is 15.4 Å². The number of nitrogens with one attached hydrogen (secondary N) is 2. The zero-order chi connectivity index (χ0) is 19.5. The maximum atomic E-state index is 12.8. The summed E-state index contributed by atoms with van der Waals surface area (Å²) in [6.07, 6.45) is 1.25. The van der Waals surface area contributed by atoms with Crippen LogP contribution in [0.25, 0.3) is 0 Å². The molecule has 3 unspecified atom stereocenters. The molecule has 2 N–H and O–H groups in total. The average molecular weight is 379 g/mol. The molecule has 2 fully saturated rings. The molecule has 146 valence electrons. The molecule has 0 radical (unpaired) electrons. The van der Waals surface area contributed by atoms with E-state index in [0.717, 1.165) is 30.7 Å². The summed E-state index contributed by atoms with van der Waals surface area (Å²) in [5.74, 6) is 0.219. The Hall–Kier alpha value is -2.86. The molecule has 0 aromatic heterocycles. The lowest BCUT2D eigenvalue weighted by molar-refractivity contribution is -0.131. The number of ether oxygens (including phenoxy) is 1. The van der Waals surface area contributed by atoms with Crippen LogP contribution >= 0.6 is 0 Å². The second kappa shape index (κ2) is 8.02. The second-order valence-electron chi connectivity index (χ2n) is 7.29. The first-order valence-electron chi connectivity index (χ1n) is 9.70. The van der Waals surface area contributed by atoms with Crippen LogP contribution in [0.15, 0.2) is 54.6 Å². The topological polar surface area (TPSA) is 70.7 Å². The minimum absolute atomic E-state index is 0.00488. The summed E-state index contributed by atoms with van der Waals surface area (Å²) in [6, 6.07) is 17.6. The van der Waals surface area contributed by atoms with E-state index >= 15 is 0 Å². The normalized spacial score (nSPS) is 24.5. The Labute approximate surface area is 164 Å². The van der Waals surface area contributed by atoms with Crippen molar-refractivity contribution in [3.05, 3.63) is 65.7 Å². The van der Waals surface area contributed by atoms with Crippen molar-refractivity contribution < 1.29 is 14.3 Å². The molecule has 2 aliphatic heterocycles. The van der Waals surface area contributed by atoms with Crippen molar-refractivity contribution in [2.24, 2.45) is 5.92 Å². The lowest BCUT2D eigenvalue weighted by Crippen LogP contribution is -2.68. The highest BCUT2D eigenvalue weighted by molar-refractivity contribution is 5.99. The fourth-order valence-electron chi connectivity index (χ4n) is 4.39. The van der Waals surface area contributed by atoms with Gasteiger partial charge in [-0.15, -0.1) is 0 Å². The van der Waals surface area contributed by atoms with Gasteiger partial charge < -0.3 is 9.64 Å². The van der Waals surface area contributed by atoms with Crippen LogP contribution in [0.2, 0.25) is 0 Å². The first-order valence-corrected chi connectivity index (χ1v) is 9.70. The molecular formula is C22H25N3O3. The molecule has 6 nitrogen and oxygen atoms in total. The van der Waals surface area contributed by atoms with Gasteiger partial charge in [0.15, 0.2) is 0 Å². The highest BCUT2D eigenvalue weighted by atomic mass is 16.5. The van der Waals surface area contributed by atoms with Crippen LogP contribution in [0.3, 0.4) is 0 Å². The van der Waals surface area contributed by atoms with Crippen LogP contribution in [-0.4, -0.2) is 43.2 Å². The fourth-order valence-corrected chi connectivity index (χ4v) is 4.39. The lowest BCUT2D eigenvalue weighted by Gasteiger charge is -2.47. The molecule has 0 aliphatic carbocycles.